The van der Waals surface area contributed by atoms with Crippen molar-refractivity contribution in [1.29, 1.82) is 0 Å². The zero-order chi connectivity index (χ0) is 12.4. The van der Waals surface area contributed by atoms with Gasteiger partial charge in [0.1, 0.15) is 5.75 Å². The van der Waals surface area contributed by atoms with Gasteiger partial charge >= 0.3 is 6.61 Å². The molecule has 0 saturated carbocycles. The number of halogens is 2. The second-order valence-electron chi connectivity index (χ2n) is 3.38. The van der Waals surface area contributed by atoms with Gasteiger partial charge < -0.3 is 4.74 Å². The number of nitrogens with zero attached hydrogens (tertiary/aromatic N) is 2. The maximum absolute atomic E-state index is 12.3. The summed E-state index contributed by atoms with van der Waals surface area (Å²) in [5, 5.41) is 0.569. The van der Waals surface area contributed by atoms with E-state index in [1.807, 2.05) is 18.6 Å². The number of alkyl halides is 2. The van der Waals surface area contributed by atoms with Gasteiger partial charge in [-0.3, -0.25) is 0 Å². The van der Waals surface area contributed by atoms with E-state index in [1.165, 1.54) is 17.6 Å². The Morgan fingerprint density at radius 2 is 2.18 bits per heavy atom. The number of fused-ring (bicyclic) bond motifs is 1. The maximum Gasteiger partial charge on any atom is 0.387 e. The van der Waals surface area contributed by atoms with E-state index in [2.05, 4.69) is 13.5 Å². The average Bonchev–Trinajstić information content (AvgIpc) is 2.61. The van der Waals surface area contributed by atoms with Crippen LogP contribution < -0.4 is 4.74 Å². The number of hydrogen-bond donors (Lipinski definition) is 0. The van der Waals surface area contributed by atoms with E-state index >= 15 is 0 Å². The third kappa shape index (κ3) is 2.78. The zero-order valence-corrected chi connectivity index (χ0v) is 10.8. The van der Waals surface area contributed by atoms with Gasteiger partial charge in [0.25, 0.3) is 0 Å². The molecule has 0 aliphatic rings. The topological polar surface area (TPSA) is 34.5 Å². The molecule has 1 heterocycles. The summed E-state index contributed by atoms with van der Waals surface area (Å²) in [4.78, 5) is 0. The normalized spacial score (nSPS) is 11.4. The Balaban J connectivity index is 2.59. The van der Waals surface area contributed by atoms with Crippen LogP contribution in [0.4, 0.5) is 14.6 Å². The highest BCUT2D eigenvalue weighted by molar-refractivity contribution is 7.85. The Labute approximate surface area is 104 Å². The minimum absolute atomic E-state index is 0.135. The van der Waals surface area contributed by atoms with E-state index in [4.69, 9.17) is 0 Å². The third-order valence-electron chi connectivity index (χ3n) is 1.93. The molecule has 3 nitrogen and oxygen atoms in total. The van der Waals surface area contributed by atoms with Gasteiger partial charge in [-0.05, 0) is 36.2 Å². The lowest BCUT2D eigenvalue weighted by atomic mass is 10.2. The number of hydrogen-bond acceptors (Lipinski definition) is 4. The summed E-state index contributed by atoms with van der Waals surface area (Å²) in [6, 6.07) is 4.98. The standard InChI is InChI=1S/C10H10F2N2OS2/c1-17(2)14-9-8-6(15-10(11)12)4-3-5-7(8)16-13-9/h3-5,10H,1-2H3. The summed E-state index contributed by atoms with van der Waals surface area (Å²) in [5.74, 6) is 0.616. The van der Waals surface area contributed by atoms with Crippen molar-refractivity contribution >= 4 is 38.1 Å². The zero-order valence-electron chi connectivity index (χ0n) is 9.18. The molecule has 0 N–H and O–H groups in total. The van der Waals surface area contributed by atoms with Gasteiger partial charge in [0, 0.05) is 0 Å². The highest BCUT2D eigenvalue weighted by Crippen LogP contribution is 2.37. The van der Waals surface area contributed by atoms with Crippen LogP contribution in [-0.2, 0) is 10.7 Å². The molecule has 2 rings (SSSR count). The van der Waals surface area contributed by atoms with Crippen molar-refractivity contribution in [2.24, 2.45) is 4.36 Å². The monoisotopic (exact) mass is 276 g/mol. The van der Waals surface area contributed by atoms with E-state index in [9.17, 15) is 8.78 Å². The van der Waals surface area contributed by atoms with Crippen LogP contribution in [0.1, 0.15) is 0 Å². The van der Waals surface area contributed by atoms with E-state index in [0.29, 0.717) is 11.2 Å². The van der Waals surface area contributed by atoms with Gasteiger partial charge in [-0.1, -0.05) is 16.8 Å². The number of aromatic nitrogens is 1. The van der Waals surface area contributed by atoms with Crippen LogP contribution in [0.5, 0.6) is 5.75 Å². The molecule has 0 bridgehead atoms. The summed E-state index contributed by atoms with van der Waals surface area (Å²) >= 11 is 1.23. The van der Waals surface area contributed by atoms with Crippen molar-refractivity contribution in [2.45, 2.75) is 6.61 Å². The van der Waals surface area contributed by atoms with Crippen molar-refractivity contribution < 1.29 is 13.5 Å². The number of ether oxygens (including phenoxy) is 1. The van der Waals surface area contributed by atoms with Gasteiger partial charge in [-0.25, -0.2) is 4.36 Å². The molecule has 92 valence electrons. The fraction of sp³-hybridized carbons (Fsp3) is 0.300. The Hall–Kier alpha value is -1.08. The molecule has 7 heteroatoms. The molecule has 0 fully saturated rings. The summed E-state index contributed by atoms with van der Waals surface area (Å²) in [6.45, 7) is -2.84. The first-order chi connectivity index (χ1) is 8.08. The molecule has 0 atom stereocenters. The molecular weight excluding hydrogens is 266 g/mol. The number of rotatable bonds is 3. The fourth-order valence-corrected chi connectivity index (χ4v) is 2.64. The van der Waals surface area contributed by atoms with Crippen molar-refractivity contribution in [1.82, 2.24) is 4.37 Å². The first-order valence-electron chi connectivity index (χ1n) is 4.70. The van der Waals surface area contributed by atoms with Crippen LogP contribution in [0.25, 0.3) is 10.1 Å². The van der Waals surface area contributed by atoms with Crippen LogP contribution in [0.15, 0.2) is 22.6 Å². The minimum Gasteiger partial charge on any atom is -0.434 e. The first-order valence-corrected chi connectivity index (χ1v) is 7.47. The smallest absolute Gasteiger partial charge is 0.387 e. The quantitative estimate of drug-likeness (QED) is 0.858. The average molecular weight is 276 g/mol. The predicted molar refractivity (Wildman–Crippen MR) is 67.6 cm³/mol. The van der Waals surface area contributed by atoms with Gasteiger partial charge in [-0.2, -0.15) is 13.2 Å². The molecular formula is C10H10F2N2OS2. The summed E-state index contributed by atoms with van der Waals surface area (Å²) in [5.41, 5.74) is 0. The van der Waals surface area contributed by atoms with Crippen molar-refractivity contribution in [3.63, 3.8) is 0 Å². The van der Waals surface area contributed by atoms with Crippen LogP contribution in [0, 0.1) is 0 Å². The summed E-state index contributed by atoms with van der Waals surface area (Å²) in [7, 11) is -0.196. The SMILES string of the molecule is CS(C)=Nc1nsc2cccc(OC(F)F)c12. The molecule has 0 amide bonds. The van der Waals surface area contributed by atoms with Gasteiger partial charge in [-0.15, -0.1) is 0 Å². The van der Waals surface area contributed by atoms with Crippen molar-refractivity contribution in [3.05, 3.63) is 18.2 Å². The Kier molecular flexibility index (Phi) is 3.68. The van der Waals surface area contributed by atoms with Crippen LogP contribution in [0.2, 0.25) is 0 Å². The Morgan fingerprint density at radius 3 is 2.82 bits per heavy atom. The largest absolute Gasteiger partial charge is 0.434 e. The van der Waals surface area contributed by atoms with Crippen molar-refractivity contribution in [3.8, 4) is 5.75 Å². The predicted octanol–water partition coefficient (Wildman–Crippen LogP) is 3.59. The van der Waals surface area contributed by atoms with E-state index in [-0.39, 0.29) is 16.4 Å². The van der Waals surface area contributed by atoms with Crippen LogP contribution in [-0.4, -0.2) is 23.5 Å². The second kappa shape index (κ2) is 5.05. The lowest BCUT2D eigenvalue weighted by Crippen LogP contribution is -2.01. The van der Waals surface area contributed by atoms with Gasteiger partial charge in [0.05, 0.1) is 10.1 Å². The lowest BCUT2D eigenvalue weighted by Gasteiger charge is -2.05. The molecule has 0 radical (unpaired) electrons. The third-order valence-corrected chi connectivity index (χ3v) is 3.27. The Bertz CT molecular complexity index is 564. The Morgan fingerprint density at radius 1 is 1.41 bits per heavy atom. The molecule has 17 heavy (non-hydrogen) atoms. The lowest BCUT2D eigenvalue weighted by molar-refractivity contribution is -0.0487. The molecule has 1 aromatic carbocycles. The summed E-state index contributed by atoms with van der Waals surface area (Å²) < 4.78 is 38.3. The molecule has 0 saturated heterocycles. The van der Waals surface area contributed by atoms with Gasteiger partial charge in [0.2, 0.25) is 0 Å². The minimum atomic E-state index is -2.84. The molecule has 0 unspecified atom stereocenters. The maximum atomic E-state index is 12.3. The first kappa shape index (κ1) is 12.4. The van der Waals surface area contributed by atoms with Gasteiger partial charge in [0.15, 0.2) is 5.82 Å². The van der Waals surface area contributed by atoms with Crippen LogP contribution >= 0.6 is 11.5 Å². The molecule has 0 spiro atoms. The molecule has 1 aromatic heterocycles. The molecule has 0 aliphatic carbocycles. The highest BCUT2D eigenvalue weighted by Gasteiger charge is 2.14. The fourth-order valence-electron chi connectivity index (χ4n) is 1.37. The van der Waals surface area contributed by atoms with E-state index < -0.39 is 6.61 Å². The molecule has 0 aliphatic heterocycles. The van der Waals surface area contributed by atoms with E-state index in [0.717, 1.165) is 4.70 Å². The molecule has 2 aromatic rings. The summed E-state index contributed by atoms with van der Waals surface area (Å²) in [6.07, 6.45) is 3.86. The van der Waals surface area contributed by atoms with E-state index in [1.54, 1.807) is 6.07 Å². The number of benzene rings is 1. The highest BCUT2D eigenvalue weighted by atomic mass is 32.2. The van der Waals surface area contributed by atoms with Crippen molar-refractivity contribution in [2.75, 3.05) is 12.5 Å². The second-order valence-corrected chi connectivity index (χ2v) is 5.91. The van der Waals surface area contributed by atoms with Crippen LogP contribution in [0.3, 0.4) is 0 Å².